The number of thiocarbonyl (C=S) groups is 1. The number of hydrogen-bond donors (Lipinski definition) is 2. The second-order valence-electron chi connectivity index (χ2n) is 7.03. The molecule has 1 fully saturated rings. The molecule has 1 saturated heterocycles. The number of aromatic nitrogens is 2. The topological polar surface area (TPSA) is 44.0 Å². The Morgan fingerprint density at radius 3 is 2.54 bits per heavy atom. The molecule has 0 bridgehead atoms. The molecule has 1 aliphatic rings. The molecule has 1 aliphatic heterocycles. The van der Waals surface area contributed by atoms with Crippen molar-refractivity contribution in [3.8, 4) is 0 Å². The minimum Gasteiger partial charge on any atom is -0.362 e. The summed E-state index contributed by atoms with van der Waals surface area (Å²) in [5.41, 5.74) is 5.79. The Hall–Kier alpha value is -2.00. The fourth-order valence-corrected chi connectivity index (χ4v) is 5.03. The third kappa shape index (κ3) is 3.20. The predicted molar refractivity (Wildman–Crippen MR) is 122 cm³/mol. The van der Waals surface area contributed by atoms with Gasteiger partial charge in [0.1, 0.15) is 5.82 Å². The van der Waals surface area contributed by atoms with Gasteiger partial charge in [-0.05, 0) is 91.5 Å². The Balaban J connectivity index is 1.91. The molecule has 3 aromatic rings. The van der Waals surface area contributed by atoms with Gasteiger partial charge < -0.3 is 15.2 Å². The number of nitrogens with one attached hydrogen (secondary N) is 2. The SMILES string of the molecule is Cc1cc(N2C(=S)N[C@@H](c3ccccn3)[C@H]2c2c(C)[nH]c(C)c2I)ccc1F. The largest absolute Gasteiger partial charge is 0.362 e. The van der Waals surface area contributed by atoms with Crippen LogP contribution in [0.1, 0.15) is 40.3 Å². The van der Waals surface area contributed by atoms with Gasteiger partial charge in [0.25, 0.3) is 0 Å². The third-order valence-corrected chi connectivity index (χ3v) is 6.86. The van der Waals surface area contributed by atoms with Crippen LogP contribution in [0.5, 0.6) is 0 Å². The lowest BCUT2D eigenvalue weighted by Crippen LogP contribution is -2.30. The van der Waals surface area contributed by atoms with E-state index in [1.165, 1.54) is 15.2 Å². The van der Waals surface area contributed by atoms with Crippen LogP contribution in [0.2, 0.25) is 0 Å². The van der Waals surface area contributed by atoms with Gasteiger partial charge in [-0.1, -0.05) is 6.07 Å². The van der Waals surface area contributed by atoms with Gasteiger partial charge in [0.2, 0.25) is 0 Å². The number of halogens is 2. The Morgan fingerprint density at radius 1 is 1.14 bits per heavy atom. The molecule has 2 N–H and O–H groups in total. The van der Waals surface area contributed by atoms with E-state index < -0.39 is 0 Å². The highest BCUT2D eigenvalue weighted by atomic mass is 127. The van der Waals surface area contributed by atoms with Crippen molar-refractivity contribution in [1.29, 1.82) is 0 Å². The van der Waals surface area contributed by atoms with Crippen molar-refractivity contribution >= 4 is 45.6 Å². The molecule has 3 heterocycles. The summed E-state index contributed by atoms with van der Waals surface area (Å²) in [5.74, 6) is -0.220. The van der Waals surface area contributed by atoms with Crippen LogP contribution in [0.3, 0.4) is 0 Å². The van der Waals surface area contributed by atoms with Gasteiger partial charge in [-0.25, -0.2) is 4.39 Å². The number of H-pyrrole nitrogens is 1. The fraction of sp³-hybridized carbons (Fsp3) is 0.238. The summed E-state index contributed by atoms with van der Waals surface area (Å²) in [6, 6.07) is 10.8. The quantitative estimate of drug-likeness (QED) is 0.376. The molecular formula is C21H20FIN4S. The fourth-order valence-electron chi connectivity index (χ4n) is 3.83. The van der Waals surface area contributed by atoms with Gasteiger partial charge in [-0.15, -0.1) is 0 Å². The first-order chi connectivity index (χ1) is 13.4. The van der Waals surface area contributed by atoms with Crippen LogP contribution < -0.4 is 10.2 Å². The molecule has 144 valence electrons. The van der Waals surface area contributed by atoms with Crippen LogP contribution in [0, 0.1) is 30.2 Å². The first-order valence-corrected chi connectivity index (χ1v) is 10.5. The van der Waals surface area contributed by atoms with Crippen molar-refractivity contribution in [3.63, 3.8) is 0 Å². The van der Waals surface area contributed by atoms with Crippen LogP contribution in [0.4, 0.5) is 10.1 Å². The summed E-state index contributed by atoms with van der Waals surface area (Å²) in [7, 11) is 0. The summed E-state index contributed by atoms with van der Waals surface area (Å²) >= 11 is 8.11. The maximum absolute atomic E-state index is 13.9. The van der Waals surface area contributed by atoms with Gasteiger partial charge in [0.15, 0.2) is 5.11 Å². The van der Waals surface area contributed by atoms with Crippen molar-refractivity contribution in [1.82, 2.24) is 15.3 Å². The van der Waals surface area contributed by atoms with E-state index in [9.17, 15) is 4.39 Å². The average molecular weight is 506 g/mol. The molecule has 0 aliphatic carbocycles. The Bertz CT molecular complexity index is 1050. The Kier molecular flexibility index (Phi) is 5.13. The van der Waals surface area contributed by atoms with Crippen LogP contribution in [0.15, 0.2) is 42.6 Å². The number of nitrogens with zero attached hydrogens (tertiary/aromatic N) is 2. The molecule has 0 spiro atoms. The smallest absolute Gasteiger partial charge is 0.174 e. The number of anilines is 1. The van der Waals surface area contributed by atoms with Crippen molar-refractivity contribution < 1.29 is 4.39 Å². The molecule has 0 radical (unpaired) electrons. The summed E-state index contributed by atoms with van der Waals surface area (Å²) < 4.78 is 15.1. The zero-order valence-electron chi connectivity index (χ0n) is 15.8. The van der Waals surface area contributed by atoms with Gasteiger partial charge in [0.05, 0.1) is 17.8 Å². The normalized spacial score (nSPS) is 19.2. The lowest BCUT2D eigenvalue weighted by Gasteiger charge is -2.28. The second-order valence-corrected chi connectivity index (χ2v) is 8.50. The van der Waals surface area contributed by atoms with Crippen LogP contribution in [-0.4, -0.2) is 15.1 Å². The second kappa shape index (κ2) is 7.44. The van der Waals surface area contributed by atoms with E-state index in [1.807, 2.05) is 24.3 Å². The van der Waals surface area contributed by atoms with E-state index >= 15 is 0 Å². The van der Waals surface area contributed by atoms with E-state index in [4.69, 9.17) is 12.2 Å². The molecule has 0 saturated carbocycles. The highest BCUT2D eigenvalue weighted by Gasteiger charge is 2.43. The monoisotopic (exact) mass is 506 g/mol. The standard InChI is InChI=1S/C21H20FIN4S/c1-11-10-14(7-8-15(11)22)27-20(17-12(2)25-13(3)18(17)23)19(26-21(27)28)16-6-4-5-9-24-16/h4-10,19-20,25H,1-3H3,(H,26,28)/t19-,20+/m0/s1. The van der Waals surface area contributed by atoms with E-state index in [-0.39, 0.29) is 17.9 Å². The lowest BCUT2D eigenvalue weighted by molar-refractivity contribution is 0.564. The zero-order valence-corrected chi connectivity index (χ0v) is 18.7. The first-order valence-electron chi connectivity index (χ1n) is 9.00. The van der Waals surface area contributed by atoms with Crippen LogP contribution in [-0.2, 0) is 0 Å². The van der Waals surface area contributed by atoms with Crippen molar-refractivity contribution in [2.45, 2.75) is 32.9 Å². The minimum absolute atomic E-state index is 0.0934. The van der Waals surface area contributed by atoms with Crippen molar-refractivity contribution in [2.24, 2.45) is 0 Å². The number of rotatable bonds is 3. The molecule has 1 aromatic carbocycles. The van der Waals surface area contributed by atoms with Crippen molar-refractivity contribution in [2.75, 3.05) is 4.90 Å². The Labute approximate surface area is 182 Å². The number of pyridine rings is 1. The van der Waals surface area contributed by atoms with E-state index in [2.05, 4.69) is 56.6 Å². The molecule has 4 nitrogen and oxygen atoms in total. The zero-order chi connectivity index (χ0) is 20.0. The highest BCUT2D eigenvalue weighted by molar-refractivity contribution is 14.1. The van der Waals surface area contributed by atoms with Crippen LogP contribution in [0.25, 0.3) is 0 Å². The molecule has 2 atom stereocenters. The first kappa shape index (κ1) is 19.3. The van der Waals surface area contributed by atoms with E-state index in [0.717, 1.165) is 22.8 Å². The molecule has 2 aromatic heterocycles. The van der Waals surface area contributed by atoms with Crippen molar-refractivity contribution in [3.05, 3.63) is 80.2 Å². The van der Waals surface area contributed by atoms with Gasteiger partial charge in [0, 0.05) is 32.4 Å². The van der Waals surface area contributed by atoms with Gasteiger partial charge in [-0.2, -0.15) is 0 Å². The number of benzene rings is 1. The number of aryl methyl sites for hydroxylation is 3. The summed E-state index contributed by atoms with van der Waals surface area (Å²) in [5, 5.41) is 4.06. The van der Waals surface area contributed by atoms with Crippen LogP contribution >= 0.6 is 34.8 Å². The van der Waals surface area contributed by atoms with E-state index in [0.29, 0.717) is 10.7 Å². The minimum atomic E-state index is -0.220. The number of aromatic amines is 1. The third-order valence-electron chi connectivity index (χ3n) is 5.16. The Morgan fingerprint density at radius 2 is 1.93 bits per heavy atom. The van der Waals surface area contributed by atoms with Gasteiger partial charge >= 0.3 is 0 Å². The summed E-state index contributed by atoms with van der Waals surface area (Å²) in [4.78, 5) is 10.1. The molecular weight excluding hydrogens is 486 g/mol. The molecule has 0 unspecified atom stereocenters. The summed E-state index contributed by atoms with van der Waals surface area (Å²) in [6.07, 6.45) is 1.79. The highest BCUT2D eigenvalue weighted by Crippen LogP contribution is 2.44. The number of hydrogen-bond acceptors (Lipinski definition) is 2. The van der Waals surface area contributed by atoms with Gasteiger partial charge in [-0.3, -0.25) is 4.98 Å². The van der Waals surface area contributed by atoms with E-state index in [1.54, 1.807) is 19.2 Å². The molecule has 7 heteroatoms. The molecule has 0 amide bonds. The molecule has 28 heavy (non-hydrogen) atoms. The maximum atomic E-state index is 13.9. The molecule has 4 rings (SSSR count). The summed E-state index contributed by atoms with van der Waals surface area (Å²) in [6.45, 7) is 5.92. The average Bonchev–Trinajstić information content (AvgIpc) is 3.13. The lowest BCUT2D eigenvalue weighted by atomic mass is 9.96. The maximum Gasteiger partial charge on any atom is 0.174 e. The predicted octanol–water partition coefficient (Wildman–Crippen LogP) is 5.26.